The molecule has 0 saturated carbocycles. The Morgan fingerprint density at radius 2 is 1.40 bits per heavy atom. The van der Waals surface area contributed by atoms with Crippen LogP contribution in [0, 0.1) is 11.2 Å². The summed E-state index contributed by atoms with van der Waals surface area (Å²) in [7, 11) is 0. The van der Waals surface area contributed by atoms with Gasteiger partial charge >= 0.3 is 0 Å². The third-order valence-electron chi connectivity index (χ3n) is 2.60. The molecule has 0 atom stereocenters. The predicted octanol–water partition coefficient (Wildman–Crippen LogP) is 4.54. The minimum Gasteiger partial charge on any atom is -0.207 e. The van der Waals surface area contributed by atoms with Crippen molar-refractivity contribution >= 4 is 0 Å². The molecule has 0 aliphatic rings. The molecule has 0 spiro atoms. The van der Waals surface area contributed by atoms with Crippen molar-refractivity contribution in [3.8, 4) is 0 Å². The fourth-order valence-corrected chi connectivity index (χ4v) is 2.33. The Kier molecular flexibility index (Phi) is 3.22. The Labute approximate surface area is 92.5 Å². The average molecular weight is 208 g/mol. The fraction of sp³-hybridized carbons (Fsp3) is 0.571. The van der Waals surface area contributed by atoms with Gasteiger partial charge in [-0.2, -0.15) is 0 Å². The zero-order valence-corrected chi connectivity index (χ0v) is 10.4. The highest BCUT2D eigenvalue weighted by Gasteiger charge is 2.26. The van der Waals surface area contributed by atoms with Crippen LogP contribution in [-0.2, 0) is 5.41 Å². The van der Waals surface area contributed by atoms with Gasteiger partial charge in [0, 0.05) is 0 Å². The van der Waals surface area contributed by atoms with Gasteiger partial charge < -0.3 is 0 Å². The predicted molar refractivity (Wildman–Crippen MR) is 63.5 cm³/mol. The van der Waals surface area contributed by atoms with Crippen LogP contribution in [0.3, 0.4) is 0 Å². The zero-order chi connectivity index (χ0) is 11.7. The van der Waals surface area contributed by atoms with Crippen molar-refractivity contribution in [2.45, 2.75) is 46.5 Å². The molecule has 0 heterocycles. The van der Waals surface area contributed by atoms with Crippen LogP contribution < -0.4 is 0 Å². The first-order valence-corrected chi connectivity index (χ1v) is 5.47. The first-order valence-electron chi connectivity index (χ1n) is 5.47. The summed E-state index contributed by atoms with van der Waals surface area (Å²) in [6.45, 7) is 11.1. The van der Waals surface area contributed by atoms with E-state index < -0.39 is 0 Å². The van der Waals surface area contributed by atoms with E-state index in [0.717, 1.165) is 6.42 Å². The summed E-state index contributed by atoms with van der Waals surface area (Å²) in [5.74, 6) is -0.162. The summed E-state index contributed by atoms with van der Waals surface area (Å²) < 4.78 is 12.8. The molecule has 1 aromatic carbocycles. The third-order valence-corrected chi connectivity index (χ3v) is 2.60. The standard InChI is InChI=1S/C14H21F/c1-13(2,3)10-14(4,5)11-6-8-12(15)9-7-11/h6-9H,10H2,1-5H3. The molecule has 0 aliphatic carbocycles. The van der Waals surface area contributed by atoms with Crippen LogP contribution in [0.5, 0.6) is 0 Å². The van der Waals surface area contributed by atoms with Crippen molar-refractivity contribution in [1.29, 1.82) is 0 Å². The van der Waals surface area contributed by atoms with Gasteiger partial charge in [0.2, 0.25) is 0 Å². The Bertz CT molecular complexity index is 314. The summed E-state index contributed by atoms with van der Waals surface area (Å²) >= 11 is 0. The van der Waals surface area contributed by atoms with E-state index in [-0.39, 0.29) is 16.6 Å². The van der Waals surface area contributed by atoms with Gasteiger partial charge in [0.1, 0.15) is 5.82 Å². The summed E-state index contributed by atoms with van der Waals surface area (Å²) in [6, 6.07) is 6.86. The van der Waals surface area contributed by atoms with Gasteiger partial charge in [-0.3, -0.25) is 0 Å². The quantitative estimate of drug-likeness (QED) is 0.669. The van der Waals surface area contributed by atoms with Gasteiger partial charge in [0.15, 0.2) is 0 Å². The molecular weight excluding hydrogens is 187 g/mol. The van der Waals surface area contributed by atoms with E-state index in [0.29, 0.717) is 0 Å². The summed E-state index contributed by atoms with van der Waals surface area (Å²) in [6.07, 6.45) is 1.09. The topological polar surface area (TPSA) is 0 Å². The average Bonchev–Trinajstić information content (AvgIpc) is 2.00. The number of halogens is 1. The van der Waals surface area contributed by atoms with E-state index in [4.69, 9.17) is 0 Å². The van der Waals surface area contributed by atoms with Crippen LogP contribution in [0.4, 0.5) is 4.39 Å². The lowest BCUT2D eigenvalue weighted by Gasteiger charge is -2.33. The van der Waals surface area contributed by atoms with E-state index >= 15 is 0 Å². The molecule has 0 N–H and O–H groups in total. The Morgan fingerprint density at radius 1 is 0.933 bits per heavy atom. The molecule has 1 heteroatoms. The maximum atomic E-state index is 12.8. The van der Waals surface area contributed by atoms with Gasteiger partial charge in [-0.1, -0.05) is 46.8 Å². The lowest BCUT2D eigenvalue weighted by Crippen LogP contribution is -2.24. The SMILES string of the molecule is CC(C)(C)CC(C)(C)c1ccc(F)cc1. The maximum absolute atomic E-state index is 12.8. The molecule has 1 aromatic rings. The minimum atomic E-state index is -0.162. The second kappa shape index (κ2) is 3.96. The van der Waals surface area contributed by atoms with Crippen LogP contribution in [0.2, 0.25) is 0 Å². The molecule has 0 bridgehead atoms. The third kappa shape index (κ3) is 3.65. The van der Waals surface area contributed by atoms with Crippen molar-refractivity contribution in [3.05, 3.63) is 35.6 Å². The Morgan fingerprint density at radius 3 is 1.80 bits per heavy atom. The smallest absolute Gasteiger partial charge is 0.123 e. The van der Waals surface area contributed by atoms with Crippen LogP contribution >= 0.6 is 0 Å². The van der Waals surface area contributed by atoms with Crippen molar-refractivity contribution in [2.75, 3.05) is 0 Å². The molecule has 0 fully saturated rings. The van der Waals surface area contributed by atoms with Crippen LogP contribution in [0.15, 0.2) is 24.3 Å². The monoisotopic (exact) mass is 208 g/mol. The van der Waals surface area contributed by atoms with Crippen molar-refractivity contribution < 1.29 is 4.39 Å². The maximum Gasteiger partial charge on any atom is 0.123 e. The van der Waals surface area contributed by atoms with Gasteiger partial charge in [-0.25, -0.2) is 4.39 Å². The van der Waals surface area contributed by atoms with Gasteiger partial charge in [0.05, 0.1) is 0 Å². The van der Waals surface area contributed by atoms with Gasteiger partial charge in [-0.15, -0.1) is 0 Å². The molecule has 0 aromatic heterocycles. The van der Waals surface area contributed by atoms with Gasteiger partial charge in [-0.05, 0) is 34.9 Å². The number of hydrogen-bond donors (Lipinski definition) is 0. The van der Waals surface area contributed by atoms with E-state index in [1.54, 1.807) is 12.1 Å². The minimum absolute atomic E-state index is 0.103. The summed E-state index contributed by atoms with van der Waals surface area (Å²) in [4.78, 5) is 0. The molecule has 0 unspecified atom stereocenters. The molecule has 0 saturated heterocycles. The second-order valence-corrected chi connectivity index (χ2v) is 6.13. The molecular formula is C14H21F. The molecule has 0 aliphatic heterocycles. The molecule has 1 rings (SSSR count). The molecule has 15 heavy (non-hydrogen) atoms. The first kappa shape index (κ1) is 12.2. The number of hydrogen-bond acceptors (Lipinski definition) is 0. The lowest BCUT2D eigenvalue weighted by atomic mass is 9.72. The second-order valence-electron chi connectivity index (χ2n) is 6.13. The highest BCUT2D eigenvalue weighted by molar-refractivity contribution is 5.24. The van der Waals surface area contributed by atoms with E-state index in [2.05, 4.69) is 34.6 Å². The number of rotatable bonds is 2. The summed E-state index contributed by atoms with van der Waals surface area (Å²) in [5, 5.41) is 0. The fourth-order valence-electron chi connectivity index (χ4n) is 2.33. The molecule has 0 nitrogen and oxygen atoms in total. The van der Waals surface area contributed by atoms with Gasteiger partial charge in [0.25, 0.3) is 0 Å². The number of benzene rings is 1. The summed E-state index contributed by atoms with van der Waals surface area (Å²) in [5.41, 5.74) is 1.60. The van der Waals surface area contributed by atoms with Crippen molar-refractivity contribution in [1.82, 2.24) is 0 Å². The normalized spacial score (nSPS) is 12.9. The Balaban J connectivity index is 2.90. The van der Waals surface area contributed by atoms with Crippen LogP contribution in [-0.4, -0.2) is 0 Å². The molecule has 0 radical (unpaired) electrons. The largest absolute Gasteiger partial charge is 0.207 e. The van der Waals surface area contributed by atoms with Crippen molar-refractivity contribution in [3.63, 3.8) is 0 Å². The molecule has 84 valence electrons. The lowest BCUT2D eigenvalue weighted by molar-refractivity contribution is 0.284. The van der Waals surface area contributed by atoms with Crippen molar-refractivity contribution in [2.24, 2.45) is 5.41 Å². The highest BCUT2D eigenvalue weighted by atomic mass is 19.1. The highest BCUT2D eigenvalue weighted by Crippen LogP contribution is 2.35. The van der Waals surface area contributed by atoms with Crippen LogP contribution in [0.1, 0.15) is 46.6 Å². The Hall–Kier alpha value is -0.850. The zero-order valence-electron chi connectivity index (χ0n) is 10.4. The first-order chi connectivity index (χ1) is 6.71. The molecule has 0 amide bonds. The van der Waals surface area contributed by atoms with E-state index in [1.807, 2.05) is 12.1 Å². The van der Waals surface area contributed by atoms with E-state index in [9.17, 15) is 4.39 Å². The van der Waals surface area contributed by atoms with Crippen LogP contribution in [0.25, 0.3) is 0 Å². The van der Waals surface area contributed by atoms with E-state index in [1.165, 1.54) is 5.56 Å².